The number of ketones is 1. The van der Waals surface area contributed by atoms with Gasteiger partial charge in [-0.15, -0.1) is 0 Å². The van der Waals surface area contributed by atoms with E-state index in [-0.39, 0.29) is 18.2 Å². The van der Waals surface area contributed by atoms with E-state index in [4.69, 9.17) is 0 Å². The van der Waals surface area contributed by atoms with Crippen molar-refractivity contribution >= 4 is 11.8 Å². The van der Waals surface area contributed by atoms with Crippen molar-refractivity contribution in [1.29, 1.82) is 0 Å². The van der Waals surface area contributed by atoms with Crippen LogP contribution in [0.5, 0.6) is 0 Å². The van der Waals surface area contributed by atoms with E-state index in [1.807, 2.05) is 50.4 Å². The van der Waals surface area contributed by atoms with E-state index < -0.39 is 11.7 Å². The van der Waals surface area contributed by atoms with Gasteiger partial charge >= 0.3 is 12.1 Å². The van der Waals surface area contributed by atoms with Gasteiger partial charge in [-0.25, -0.2) is 0 Å². The molecule has 0 bridgehead atoms. The van der Waals surface area contributed by atoms with Crippen LogP contribution in [0.3, 0.4) is 0 Å². The number of methoxy groups -OCH3 is 1. The first-order valence-electron chi connectivity index (χ1n) is 12.3. The lowest BCUT2D eigenvalue weighted by Gasteiger charge is -2.18. The predicted molar refractivity (Wildman–Crippen MR) is 137 cm³/mol. The van der Waals surface area contributed by atoms with Crippen LogP contribution in [0.1, 0.15) is 46.4 Å². The van der Waals surface area contributed by atoms with E-state index in [0.717, 1.165) is 55.0 Å². The van der Waals surface area contributed by atoms with E-state index in [2.05, 4.69) is 14.2 Å². The number of carbonyl (C=O) groups excluding carboxylic acids is 2. The Kier molecular flexibility index (Phi) is 9.69. The Morgan fingerprint density at radius 2 is 1.68 bits per heavy atom. The molecule has 0 amide bonds. The second-order valence-electron chi connectivity index (χ2n) is 9.18. The maximum atomic E-state index is 13.2. The van der Waals surface area contributed by atoms with Gasteiger partial charge in [0.2, 0.25) is 0 Å². The summed E-state index contributed by atoms with van der Waals surface area (Å²) in [5.74, 6) is -0.432. The van der Waals surface area contributed by atoms with Crippen LogP contribution in [-0.2, 0) is 28.7 Å². The van der Waals surface area contributed by atoms with Crippen LogP contribution in [0.25, 0.3) is 11.3 Å². The summed E-state index contributed by atoms with van der Waals surface area (Å²) in [6.07, 6.45) is -2.63. The van der Waals surface area contributed by atoms with Gasteiger partial charge in [-0.05, 0) is 63.2 Å². The summed E-state index contributed by atoms with van der Waals surface area (Å²) < 4.78 is 46.1. The highest BCUT2D eigenvalue weighted by molar-refractivity contribution is 6.00. The summed E-state index contributed by atoms with van der Waals surface area (Å²) in [4.78, 5) is 26.7. The number of Topliss-reactive ketones (excluding diaryl/α,β-unsaturated/α-hetero) is 1. The summed E-state index contributed by atoms with van der Waals surface area (Å²) in [6, 6.07) is 16.5. The molecule has 0 aliphatic heterocycles. The Bertz CT molecular complexity index is 1200. The molecule has 2 aromatic carbocycles. The zero-order chi connectivity index (χ0) is 27.0. The molecule has 1 heterocycles. The molecule has 0 saturated carbocycles. The molecule has 0 saturated heterocycles. The largest absolute Gasteiger partial charge is 0.469 e. The minimum absolute atomic E-state index is 0.105. The number of esters is 1. The van der Waals surface area contributed by atoms with E-state index >= 15 is 0 Å². The summed E-state index contributed by atoms with van der Waals surface area (Å²) in [5, 5.41) is 0. The molecule has 5 nitrogen and oxygen atoms in total. The Labute approximate surface area is 215 Å². The van der Waals surface area contributed by atoms with Crippen molar-refractivity contribution in [2.45, 2.75) is 45.3 Å². The normalized spacial score (nSPS) is 11.6. The maximum Gasteiger partial charge on any atom is 0.416 e. The molecule has 0 aliphatic carbocycles. The molecule has 0 atom stereocenters. The van der Waals surface area contributed by atoms with Crippen LogP contribution < -0.4 is 0 Å². The molecule has 3 aromatic rings. The van der Waals surface area contributed by atoms with Gasteiger partial charge in [0.1, 0.15) is 0 Å². The van der Waals surface area contributed by atoms with E-state index in [0.29, 0.717) is 24.1 Å². The second kappa shape index (κ2) is 12.7. The van der Waals surface area contributed by atoms with Crippen LogP contribution in [-0.4, -0.2) is 48.5 Å². The van der Waals surface area contributed by atoms with Crippen LogP contribution in [0.15, 0.2) is 60.7 Å². The number of benzene rings is 2. The summed E-state index contributed by atoms with van der Waals surface area (Å²) in [5.41, 5.74) is 2.76. The molecule has 0 N–H and O–H groups in total. The van der Waals surface area contributed by atoms with E-state index in [1.54, 1.807) is 6.07 Å². The van der Waals surface area contributed by atoms with E-state index in [9.17, 15) is 22.8 Å². The zero-order valence-electron chi connectivity index (χ0n) is 21.5. The minimum atomic E-state index is -4.45. The zero-order valence-corrected chi connectivity index (χ0v) is 21.5. The number of nitrogens with zero attached hydrogens (tertiary/aromatic N) is 2. The summed E-state index contributed by atoms with van der Waals surface area (Å²) >= 11 is 0. The average molecular weight is 515 g/mol. The van der Waals surface area contributed by atoms with Crippen LogP contribution >= 0.6 is 0 Å². The molecule has 3 rings (SSSR count). The first-order valence-corrected chi connectivity index (χ1v) is 12.3. The number of ether oxygens (including phenoxy) is 1. The first kappa shape index (κ1) is 28.2. The van der Waals surface area contributed by atoms with Crippen molar-refractivity contribution in [1.82, 2.24) is 9.47 Å². The maximum absolute atomic E-state index is 13.2. The Morgan fingerprint density at radius 1 is 0.973 bits per heavy atom. The molecule has 37 heavy (non-hydrogen) atoms. The van der Waals surface area contributed by atoms with Gasteiger partial charge < -0.3 is 14.2 Å². The third-order valence-corrected chi connectivity index (χ3v) is 6.43. The molecule has 0 radical (unpaired) electrons. The van der Waals surface area contributed by atoms with Crippen LogP contribution in [0, 0.1) is 6.92 Å². The van der Waals surface area contributed by atoms with Gasteiger partial charge in [-0.2, -0.15) is 13.2 Å². The van der Waals surface area contributed by atoms with Crippen molar-refractivity contribution < 1.29 is 27.5 Å². The molecule has 8 heteroatoms. The van der Waals surface area contributed by atoms with Gasteiger partial charge in [0.05, 0.1) is 12.7 Å². The molecule has 1 aromatic heterocycles. The van der Waals surface area contributed by atoms with Crippen molar-refractivity contribution in [3.63, 3.8) is 0 Å². The van der Waals surface area contributed by atoms with Gasteiger partial charge in [-0.3, -0.25) is 9.59 Å². The molecule has 0 spiro atoms. The average Bonchev–Trinajstić information content (AvgIpc) is 3.20. The van der Waals surface area contributed by atoms with Crippen molar-refractivity contribution in [2.75, 3.05) is 27.2 Å². The number of alkyl halides is 3. The lowest BCUT2D eigenvalue weighted by Crippen LogP contribution is -2.23. The smallest absolute Gasteiger partial charge is 0.416 e. The number of aromatic nitrogens is 1. The number of halogens is 3. The summed E-state index contributed by atoms with van der Waals surface area (Å²) in [7, 11) is 3.39. The molecule has 0 aliphatic rings. The van der Waals surface area contributed by atoms with E-state index in [1.165, 1.54) is 13.2 Å². The van der Waals surface area contributed by atoms with Crippen LogP contribution in [0.4, 0.5) is 13.2 Å². The predicted octanol–water partition coefficient (Wildman–Crippen LogP) is 6.18. The third-order valence-electron chi connectivity index (χ3n) is 6.43. The fourth-order valence-corrected chi connectivity index (χ4v) is 4.41. The third kappa shape index (κ3) is 7.79. The number of hydrogen-bond acceptors (Lipinski definition) is 4. The second-order valence-corrected chi connectivity index (χ2v) is 9.18. The lowest BCUT2D eigenvalue weighted by molar-refractivity contribution is -0.141. The fourth-order valence-electron chi connectivity index (χ4n) is 4.41. The standard InChI is InChI=1S/C29H33F3N2O3/c1-21-25(27(35)19-22-10-7-13-24(18-22)29(30,31)32)20-26(23-11-5-4-6-12-23)34(21)17-9-16-33(2)15-8-14-28(36)37-3/h4-7,10-13,18,20H,8-9,14-17,19H2,1-3H3. The highest BCUT2D eigenvalue weighted by Gasteiger charge is 2.30. The fraction of sp³-hybridized carbons (Fsp3) is 0.379. The topological polar surface area (TPSA) is 51.5 Å². The highest BCUT2D eigenvalue weighted by Crippen LogP contribution is 2.31. The monoisotopic (exact) mass is 514 g/mol. The Hall–Kier alpha value is -3.39. The summed E-state index contributed by atoms with van der Waals surface area (Å²) in [6.45, 7) is 4.13. The lowest BCUT2D eigenvalue weighted by atomic mass is 10.0. The SMILES string of the molecule is COC(=O)CCCN(C)CCCn1c(-c2ccccc2)cc(C(=O)Cc2cccc(C(F)(F)F)c2)c1C. The van der Waals surface area contributed by atoms with Gasteiger partial charge in [0, 0.05) is 36.3 Å². The quantitative estimate of drug-likeness (QED) is 0.214. The molecular formula is C29H33F3N2O3. The Balaban J connectivity index is 1.76. The minimum Gasteiger partial charge on any atom is -0.469 e. The van der Waals surface area contributed by atoms with Crippen molar-refractivity contribution in [3.8, 4) is 11.3 Å². The van der Waals surface area contributed by atoms with Gasteiger partial charge in [0.25, 0.3) is 0 Å². The molecule has 198 valence electrons. The van der Waals surface area contributed by atoms with Crippen molar-refractivity contribution in [2.24, 2.45) is 0 Å². The molecule has 0 unspecified atom stereocenters. The number of hydrogen-bond donors (Lipinski definition) is 0. The van der Waals surface area contributed by atoms with Crippen molar-refractivity contribution in [3.05, 3.63) is 83.0 Å². The van der Waals surface area contributed by atoms with Gasteiger partial charge in [0.15, 0.2) is 5.78 Å². The van der Waals surface area contributed by atoms with Gasteiger partial charge in [-0.1, -0.05) is 48.5 Å². The number of rotatable bonds is 12. The highest BCUT2D eigenvalue weighted by atomic mass is 19.4. The van der Waals surface area contributed by atoms with Crippen LogP contribution in [0.2, 0.25) is 0 Å². The first-order chi connectivity index (χ1) is 17.6. The number of carbonyl (C=O) groups is 2. The molecular weight excluding hydrogens is 481 g/mol. The molecule has 0 fully saturated rings. The Morgan fingerprint density at radius 3 is 2.35 bits per heavy atom.